The van der Waals surface area contributed by atoms with Gasteiger partial charge in [-0.05, 0) is 18.6 Å². The van der Waals surface area contributed by atoms with Crippen LogP contribution < -0.4 is 5.30 Å². The fraction of sp³-hybridized carbons (Fsp3) is 0.308. The summed E-state index contributed by atoms with van der Waals surface area (Å²) in [7, 11) is -6.59. The second-order valence-corrected chi connectivity index (χ2v) is 10.6. The summed E-state index contributed by atoms with van der Waals surface area (Å²) >= 11 is 0. The number of hydrogen-bond acceptors (Lipinski definition) is 2. The predicted molar refractivity (Wildman–Crippen MR) is 89.7 cm³/mol. The summed E-state index contributed by atoms with van der Waals surface area (Å²) < 4.78 is 50.0. The van der Waals surface area contributed by atoms with Crippen LogP contribution in [0.1, 0.15) is 6.42 Å². The van der Waals surface area contributed by atoms with Gasteiger partial charge in [-0.1, -0.05) is 18.2 Å². The molecule has 1 aromatic rings. The SMILES string of the molecule is FCOCCCOP1(F)=C[P+](F)=C[P+](c2ccccc2)=C1. The predicted octanol–water partition coefficient (Wildman–Crippen LogP) is 4.62. The molecule has 3 unspecified atom stereocenters. The molecule has 2 nitrogen and oxygen atoms in total. The topological polar surface area (TPSA) is 18.5 Å². The third-order valence-electron chi connectivity index (χ3n) is 2.64. The van der Waals surface area contributed by atoms with Crippen molar-refractivity contribution >= 4 is 44.7 Å². The fourth-order valence-electron chi connectivity index (χ4n) is 1.75. The van der Waals surface area contributed by atoms with Crippen molar-refractivity contribution in [1.82, 2.24) is 0 Å². The first kappa shape index (κ1) is 16.9. The summed E-state index contributed by atoms with van der Waals surface area (Å²) in [6, 6.07) is 9.31. The Hall–Kier alpha value is -0.430. The Morgan fingerprint density at radius 1 is 1.14 bits per heavy atom. The van der Waals surface area contributed by atoms with E-state index in [1.54, 1.807) is 5.54 Å². The standard InChI is InChI=1S/C13H16F3O2P3/c14-9-17-7-4-8-18-21(16)11-19(10-20(15)12-21)13-5-2-1-3-6-13/h1-3,5-6,10-12H,4,7-9H2/q+2. The largest absolute Gasteiger partial charge is 0.397 e. The van der Waals surface area contributed by atoms with Crippen molar-refractivity contribution in [3.05, 3.63) is 30.3 Å². The quantitative estimate of drug-likeness (QED) is 0.526. The molecule has 0 radical (unpaired) electrons. The van der Waals surface area contributed by atoms with Crippen molar-refractivity contribution < 1.29 is 22.0 Å². The minimum atomic E-state index is -3.44. The molecule has 0 aliphatic carbocycles. The lowest BCUT2D eigenvalue weighted by Gasteiger charge is -2.09. The highest BCUT2D eigenvalue weighted by Gasteiger charge is 2.36. The maximum absolute atomic E-state index is 14.7. The third-order valence-corrected chi connectivity index (χ3v) is 10.4. The van der Waals surface area contributed by atoms with E-state index in [1.807, 2.05) is 30.3 Å². The van der Waals surface area contributed by atoms with Gasteiger partial charge in [-0.2, -0.15) is 4.20 Å². The first-order chi connectivity index (χ1) is 10.1. The second kappa shape index (κ2) is 8.27. The lowest BCUT2D eigenvalue weighted by Crippen LogP contribution is -2.03. The molecule has 0 saturated carbocycles. The van der Waals surface area contributed by atoms with Crippen LogP contribution in [-0.2, 0) is 9.26 Å². The average molecular weight is 354 g/mol. The Labute approximate surface area is 124 Å². The number of hydrogen-bond donors (Lipinski definition) is 0. The van der Waals surface area contributed by atoms with Gasteiger partial charge in [-0.3, -0.25) is 0 Å². The van der Waals surface area contributed by atoms with Gasteiger partial charge in [0.25, 0.3) is 7.42 Å². The average Bonchev–Trinajstić information content (AvgIpc) is 2.47. The molecule has 114 valence electrons. The number of halogens is 3. The lowest BCUT2D eigenvalue weighted by atomic mass is 10.4. The molecule has 1 aliphatic rings. The van der Waals surface area contributed by atoms with Crippen molar-refractivity contribution in [2.24, 2.45) is 0 Å². The van der Waals surface area contributed by atoms with Gasteiger partial charge in [0.2, 0.25) is 13.1 Å². The molecule has 1 heterocycles. The minimum Gasteiger partial charge on any atom is -0.350 e. The molecule has 0 N–H and O–H groups in total. The van der Waals surface area contributed by atoms with Crippen LogP contribution in [0.25, 0.3) is 0 Å². The van der Waals surface area contributed by atoms with Crippen LogP contribution in [0.4, 0.5) is 12.8 Å². The van der Waals surface area contributed by atoms with E-state index < -0.39 is 29.7 Å². The molecule has 0 amide bonds. The van der Waals surface area contributed by atoms with Crippen LogP contribution in [0.15, 0.2) is 30.3 Å². The van der Waals surface area contributed by atoms with Gasteiger partial charge in [0.15, 0.2) is 17.7 Å². The van der Waals surface area contributed by atoms with Gasteiger partial charge in [-0.25, -0.2) is 4.39 Å². The molecule has 0 fully saturated rings. The highest BCUT2D eigenvalue weighted by molar-refractivity contribution is 8.10. The molecule has 0 bridgehead atoms. The Kier molecular flexibility index (Phi) is 6.67. The van der Waals surface area contributed by atoms with E-state index >= 15 is 0 Å². The van der Waals surface area contributed by atoms with Gasteiger partial charge in [-0.15, -0.1) is 0 Å². The molecule has 8 heteroatoms. The van der Waals surface area contributed by atoms with Crippen LogP contribution in [-0.4, -0.2) is 36.7 Å². The first-order valence-electron chi connectivity index (χ1n) is 6.34. The number of rotatable bonds is 7. The highest BCUT2D eigenvalue weighted by Crippen LogP contribution is 2.57. The van der Waals surface area contributed by atoms with Gasteiger partial charge in [0.1, 0.15) is 0 Å². The molecule has 0 saturated heterocycles. The summed E-state index contributed by atoms with van der Waals surface area (Å²) in [4.78, 5) is 0. The zero-order chi connectivity index (χ0) is 15.1. The normalized spacial score (nSPS) is 24.9. The van der Waals surface area contributed by atoms with Crippen molar-refractivity contribution in [3.8, 4) is 0 Å². The molecule has 3 atom stereocenters. The molecule has 1 aromatic carbocycles. The Morgan fingerprint density at radius 2 is 1.90 bits per heavy atom. The summed E-state index contributed by atoms with van der Waals surface area (Å²) in [5, 5.41) is 0.914. The van der Waals surface area contributed by atoms with Crippen molar-refractivity contribution in [3.63, 3.8) is 0 Å². The van der Waals surface area contributed by atoms with E-state index in [1.165, 1.54) is 5.54 Å². The minimum absolute atomic E-state index is 0.0956. The molecule has 21 heavy (non-hydrogen) atoms. The zero-order valence-corrected chi connectivity index (χ0v) is 13.9. The van der Waals surface area contributed by atoms with E-state index in [0.29, 0.717) is 6.42 Å². The molecular weight excluding hydrogens is 338 g/mol. The van der Waals surface area contributed by atoms with Gasteiger partial charge < -0.3 is 9.26 Å². The Balaban J connectivity index is 2.09. The van der Waals surface area contributed by atoms with Gasteiger partial charge >= 0.3 is 13.4 Å². The number of ether oxygens (including phenoxy) is 1. The van der Waals surface area contributed by atoms with Crippen LogP contribution in [0.5, 0.6) is 0 Å². The van der Waals surface area contributed by atoms with Crippen LogP contribution in [0, 0.1) is 0 Å². The zero-order valence-electron chi connectivity index (χ0n) is 11.2. The molecule has 1 aliphatic heterocycles. The first-order valence-corrected chi connectivity index (χ1v) is 10.9. The monoisotopic (exact) mass is 354 g/mol. The lowest BCUT2D eigenvalue weighted by molar-refractivity contribution is 0.0512. The Morgan fingerprint density at radius 3 is 2.62 bits per heavy atom. The summed E-state index contributed by atoms with van der Waals surface area (Å²) in [6.45, 7) is -0.600. The van der Waals surface area contributed by atoms with E-state index in [4.69, 9.17) is 4.52 Å². The van der Waals surface area contributed by atoms with E-state index in [2.05, 4.69) is 4.74 Å². The number of alkyl halides is 1. The van der Waals surface area contributed by atoms with Crippen molar-refractivity contribution in [1.29, 1.82) is 0 Å². The molecule has 0 spiro atoms. The maximum Gasteiger partial charge on any atom is 0.397 e. The summed E-state index contributed by atoms with van der Waals surface area (Å²) in [5.41, 5.74) is 4.17. The van der Waals surface area contributed by atoms with Crippen molar-refractivity contribution in [2.75, 3.05) is 20.1 Å². The summed E-state index contributed by atoms with van der Waals surface area (Å²) in [5.74, 6) is 0. The maximum atomic E-state index is 14.7. The second-order valence-electron chi connectivity index (χ2n) is 4.26. The van der Waals surface area contributed by atoms with E-state index in [9.17, 15) is 12.8 Å². The summed E-state index contributed by atoms with van der Waals surface area (Å²) in [6.07, 6.45) is 0.383. The molecule has 0 aromatic heterocycles. The molecule has 2 rings (SSSR count). The van der Waals surface area contributed by atoms with E-state index in [0.717, 1.165) is 10.8 Å². The Bertz CT molecular complexity index is 588. The van der Waals surface area contributed by atoms with Crippen LogP contribution in [0.2, 0.25) is 0 Å². The molecular formula is C13H16F3O2P3+2. The third kappa shape index (κ3) is 5.36. The van der Waals surface area contributed by atoms with Gasteiger partial charge in [0.05, 0.1) is 13.2 Å². The smallest absolute Gasteiger partial charge is 0.350 e. The van der Waals surface area contributed by atoms with Gasteiger partial charge in [0, 0.05) is 4.20 Å². The number of benzene rings is 1. The van der Waals surface area contributed by atoms with Crippen LogP contribution in [0.3, 0.4) is 0 Å². The fourth-order valence-corrected chi connectivity index (χ4v) is 10.1. The van der Waals surface area contributed by atoms with Crippen molar-refractivity contribution in [2.45, 2.75) is 6.42 Å². The van der Waals surface area contributed by atoms with E-state index in [-0.39, 0.29) is 13.2 Å². The van der Waals surface area contributed by atoms with Crippen LogP contribution >= 0.6 is 22.8 Å². The highest BCUT2D eigenvalue weighted by atomic mass is 31.2.